The minimum Gasteiger partial charge on any atom is -0.461 e. The van der Waals surface area contributed by atoms with E-state index in [0.717, 1.165) is 43.9 Å². The van der Waals surface area contributed by atoms with Crippen molar-refractivity contribution in [3.63, 3.8) is 0 Å². The number of hydrogen-bond donors (Lipinski definition) is 0. The zero-order valence-electron chi connectivity index (χ0n) is 16.2. The van der Waals surface area contributed by atoms with Gasteiger partial charge in [0.2, 0.25) is 0 Å². The first-order chi connectivity index (χ1) is 13.6. The highest BCUT2D eigenvalue weighted by Gasteiger charge is 2.23. The predicted octanol–water partition coefficient (Wildman–Crippen LogP) is 2.13. The minimum absolute atomic E-state index is 0.0519. The summed E-state index contributed by atoms with van der Waals surface area (Å²) in [7, 11) is 1.82. The van der Waals surface area contributed by atoms with Gasteiger partial charge in [-0.15, -0.1) is 0 Å². The normalized spacial score (nSPS) is 15.6. The van der Waals surface area contributed by atoms with E-state index in [4.69, 9.17) is 4.42 Å². The SMILES string of the molecule is Cc1cc(C(=O)N2CCCN(Cc3cnc(-c4ccco4)nc3)CC2)n(C)n1. The van der Waals surface area contributed by atoms with Crippen LogP contribution >= 0.6 is 0 Å². The maximum atomic E-state index is 12.8. The van der Waals surface area contributed by atoms with Crippen LogP contribution in [-0.2, 0) is 13.6 Å². The molecule has 0 unspecified atom stereocenters. The number of nitrogens with zero attached hydrogens (tertiary/aromatic N) is 6. The van der Waals surface area contributed by atoms with Gasteiger partial charge in [-0.3, -0.25) is 14.4 Å². The molecule has 8 nitrogen and oxygen atoms in total. The largest absolute Gasteiger partial charge is 0.461 e. The summed E-state index contributed by atoms with van der Waals surface area (Å²) in [6.07, 6.45) is 6.24. The van der Waals surface area contributed by atoms with E-state index in [-0.39, 0.29) is 5.91 Å². The highest BCUT2D eigenvalue weighted by atomic mass is 16.3. The van der Waals surface area contributed by atoms with Gasteiger partial charge < -0.3 is 9.32 Å². The third-order valence-electron chi connectivity index (χ3n) is 4.95. The molecule has 1 amide bonds. The summed E-state index contributed by atoms with van der Waals surface area (Å²) in [4.78, 5) is 25.9. The van der Waals surface area contributed by atoms with E-state index < -0.39 is 0 Å². The average Bonchev–Trinajstić information content (AvgIpc) is 3.27. The maximum absolute atomic E-state index is 12.8. The van der Waals surface area contributed by atoms with E-state index in [2.05, 4.69) is 20.0 Å². The molecule has 0 radical (unpaired) electrons. The molecule has 1 fully saturated rings. The van der Waals surface area contributed by atoms with Crippen molar-refractivity contribution in [3.05, 3.63) is 53.8 Å². The first-order valence-corrected chi connectivity index (χ1v) is 9.47. The molecular weight excluding hydrogens is 356 g/mol. The number of aryl methyl sites for hydroxylation is 2. The third kappa shape index (κ3) is 3.96. The van der Waals surface area contributed by atoms with Crippen molar-refractivity contribution in [1.82, 2.24) is 29.5 Å². The average molecular weight is 380 g/mol. The van der Waals surface area contributed by atoms with E-state index in [9.17, 15) is 4.79 Å². The number of rotatable bonds is 4. The van der Waals surface area contributed by atoms with Crippen molar-refractivity contribution < 1.29 is 9.21 Å². The maximum Gasteiger partial charge on any atom is 0.272 e. The number of amides is 1. The molecule has 0 aliphatic carbocycles. The number of carbonyl (C=O) groups is 1. The van der Waals surface area contributed by atoms with Gasteiger partial charge >= 0.3 is 0 Å². The van der Waals surface area contributed by atoms with Gasteiger partial charge in [0.15, 0.2) is 11.6 Å². The fraction of sp³-hybridized carbons (Fsp3) is 0.400. The van der Waals surface area contributed by atoms with Crippen molar-refractivity contribution in [2.24, 2.45) is 7.05 Å². The van der Waals surface area contributed by atoms with Crippen molar-refractivity contribution >= 4 is 5.91 Å². The van der Waals surface area contributed by atoms with Gasteiger partial charge in [-0.05, 0) is 31.5 Å². The Kier molecular flexibility index (Phi) is 5.21. The fourth-order valence-corrected chi connectivity index (χ4v) is 3.53. The van der Waals surface area contributed by atoms with Crippen molar-refractivity contribution in [2.75, 3.05) is 26.2 Å². The summed E-state index contributed by atoms with van der Waals surface area (Å²) in [5.74, 6) is 1.31. The summed E-state index contributed by atoms with van der Waals surface area (Å²) in [6, 6.07) is 5.52. The smallest absolute Gasteiger partial charge is 0.272 e. The van der Waals surface area contributed by atoms with Gasteiger partial charge in [0.25, 0.3) is 5.91 Å². The molecule has 3 aromatic rings. The molecule has 4 heterocycles. The summed E-state index contributed by atoms with van der Waals surface area (Å²) >= 11 is 0. The molecule has 8 heteroatoms. The Morgan fingerprint density at radius 3 is 2.68 bits per heavy atom. The molecule has 4 rings (SSSR count). The molecule has 28 heavy (non-hydrogen) atoms. The van der Waals surface area contributed by atoms with Crippen LogP contribution < -0.4 is 0 Å². The van der Waals surface area contributed by atoms with Crippen molar-refractivity contribution in [2.45, 2.75) is 19.9 Å². The second-order valence-electron chi connectivity index (χ2n) is 7.11. The molecule has 3 aromatic heterocycles. The second-order valence-corrected chi connectivity index (χ2v) is 7.11. The van der Waals surface area contributed by atoms with Crippen LogP contribution in [0.4, 0.5) is 0 Å². The van der Waals surface area contributed by atoms with Crippen LogP contribution in [-0.4, -0.2) is 61.6 Å². The van der Waals surface area contributed by atoms with Gasteiger partial charge in [-0.1, -0.05) is 0 Å². The lowest BCUT2D eigenvalue weighted by Gasteiger charge is -2.22. The number of carbonyl (C=O) groups excluding carboxylic acids is 1. The lowest BCUT2D eigenvalue weighted by molar-refractivity contribution is 0.0750. The molecular formula is C20H24N6O2. The Hall–Kier alpha value is -3.00. The van der Waals surface area contributed by atoms with Crippen LogP contribution in [0.2, 0.25) is 0 Å². The Balaban J connectivity index is 1.36. The van der Waals surface area contributed by atoms with Gasteiger partial charge in [-0.2, -0.15) is 5.10 Å². The third-order valence-corrected chi connectivity index (χ3v) is 4.95. The van der Waals surface area contributed by atoms with Gasteiger partial charge in [0, 0.05) is 57.7 Å². The lowest BCUT2D eigenvalue weighted by Crippen LogP contribution is -2.36. The van der Waals surface area contributed by atoms with E-state index in [1.807, 2.05) is 49.5 Å². The topological polar surface area (TPSA) is 80.3 Å². The molecule has 1 aliphatic rings. The Morgan fingerprint density at radius 1 is 1.18 bits per heavy atom. The van der Waals surface area contributed by atoms with Crippen LogP contribution in [0.15, 0.2) is 41.3 Å². The number of furan rings is 1. The van der Waals surface area contributed by atoms with Crippen LogP contribution in [0.3, 0.4) is 0 Å². The molecule has 1 aliphatic heterocycles. The quantitative estimate of drug-likeness (QED) is 0.690. The van der Waals surface area contributed by atoms with Gasteiger partial charge in [-0.25, -0.2) is 9.97 Å². The Morgan fingerprint density at radius 2 is 2.00 bits per heavy atom. The highest BCUT2D eigenvalue weighted by Crippen LogP contribution is 2.16. The zero-order chi connectivity index (χ0) is 19.5. The fourth-order valence-electron chi connectivity index (χ4n) is 3.53. The molecule has 1 saturated heterocycles. The monoisotopic (exact) mass is 380 g/mol. The van der Waals surface area contributed by atoms with Crippen molar-refractivity contribution in [1.29, 1.82) is 0 Å². The Labute approximate surface area is 163 Å². The summed E-state index contributed by atoms with van der Waals surface area (Å²) < 4.78 is 6.99. The molecule has 0 spiro atoms. The molecule has 0 aromatic carbocycles. The van der Waals surface area contributed by atoms with E-state index in [1.165, 1.54) is 0 Å². The summed E-state index contributed by atoms with van der Waals surface area (Å²) in [5, 5.41) is 4.28. The van der Waals surface area contributed by atoms with Crippen LogP contribution in [0.5, 0.6) is 0 Å². The number of hydrogen-bond acceptors (Lipinski definition) is 6. The van der Waals surface area contributed by atoms with Crippen LogP contribution in [0.25, 0.3) is 11.6 Å². The van der Waals surface area contributed by atoms with E-state index in [0.29, 0.717) is 23.8 Å². The second kappa shape index (κ2) is 7.93. The van der Waals surface area contributed by atoms with Crippen molar-refractivity contribution in [3.8, 4) is 11.6 Å². The highest BCUT2D eigenvalue weighted by molar-refractivity contribution is 5.92. The molecule has 0 bridgehead atoms. The first kappa shape index (κ1) is 18.4. The van der Waals surface area contributed by atoms with Gasteiger partial charge in [0.1, 0.15) is 5.69 Å². The first-order valence-electron chi connectivity index (χ1n) is 9.47. The standard InChI is InChI=1S/C20H24N6O2/c1-15-11-17(24(2)23-15)20(27)26-7-4-6-25(8-9-26)14-16-12-21-19(22-13-16)18-5-3-10-28-18/h3,5,10-13H,4,6-9,14H2,1-2H3. The molecule has 0 N–H and O–H groups in total. The summed E-state index contributed by atoms with van der Waals surface area (Å²) in [6.45, 7) is 5.89. The van der Waals surface area contributed by atoms with Crippen LogP contribution in [0.1, 0.15) is 28.2 Å². The predicted molar refractivity (Wildman–Crippen MR) is 103 cm³/mol. The van der Waals surface area contributed by atoms with Gasteiger partial charge in [0.05, 0.1) is 12.0 Å². The minimum atomic E-state index is 0.0519. The van der Waals surface area contributed by atoms with E-state index in [1.54, 1.807) is 10.9 Å². The molecule has 0 atom stereocenters. The van der Waals surface area contributed by atoms with E-state index >= 15 is 0 Å². The summed E-state index contributed by atoms with van der Waals surface area (Å²) in [5.41, 5.74) is 2.56. The Bertz CT molecular complexity index is 932. The van der Waals surface area contributed by atoms with Crippen LogP contribution in [0, 0.1) is 6.92 Å². The molecule has 146 valence electrons. The number of aromatic nitrogens is 4. The molecule has 0 saturated carbocycles. The zero-order valence-corrected chi connectivity index (χ0v) is 16.2. The lowest BCUT2D eigenvalue weighted by atomic mass is 10.3.